The Labute approximate surface area is 126 Å². The first kappa shape index (κ1) is 15.0. The zero-order chi connectivity index (χ0) is 14.5. The van der Waals surface area contributed by atoms with Crippen molar-refractivity contribution in [2.45, 2.75) is 56.7 Å². The van der Waals surface area contributed by atoms with Gasteiger partial charge in [-0.1, -0.05) is 30.3 Å². The third kappa shape index (κ3) is 4.51. The van der Waals surface area contributed by atoms with E-state index in [0.717, 1.165) is 32.3 Å². The summed E-state index contributed by atoms with van der Waals surface area (Å²) in [6.45, 7) is 2.13. The first-order chi connectivity index (χ1) is 10.3. The Bertz CT molecular complexity index is 418. The number of benzene rings is 1. The Hall–Kier alpha value is -0.940. The third-order valence-corrected chi connectivity index (χ3v) is 4.19. The normalized spacial score (nSPS) is 29.5. The number of rotatable bonds is 8. The summed E-state index contributed by atoms with van der Waals surface area (Å²) in [5.41, 5.74) is 1.18. The van der Waals surface area contributed by atoms with Crippen LogP contribution in [0.3, 0.4) is 0 Å². The molecule has 2 saturated heterocycles. The van der Waals surface area contributed by atoms with Gasteiger partial charge in [0, 0.05) is 6.61 Å². The molecule has 2 fully saturated rings. The zero-order valence-electron chi connectivity index (χ0n) is 12.3. The summed E-state index contributed by atoms with van der Waals surface area (Å²) in [6.07, 6.45) is 3.64. The second-order valence-electron chi connectivity index (χ2n) is 5.91. The fourth-order valence-electron chi connectivity index (χ4n) is 2.86. The average Bonchev–Trinajstić information content (AvgIpc) is 3.25. The molecule has 4 atom stereocenters. The summed E-state index contributed by atoms with van der Waals surface area (Å²) in [7, 11) is 0. The van der Waals surface area contributed by atoms with Crippen LogP contribution in [-0.2, 0) is 20.8 Å². The molecule has 4 heteroatoms. The van der Waals surface area contributed by atoms with Gasteiger partial charge in [0.2, 0.25) is 0 Å². The monoisotopic (exact) mass is 292 g/mol. The van der Waals surface area contributed by atoms with Crippen LogP contribution in [0.25, 0.3) is 0 Å². The average molecular weight is 292 g/mol. The molecular formula is C17H24O4. The van der Waals surface area contributed by atoms with Crippen molar-refractivity contribution in [1.29, 1.82) is 0 Å². The van der Waals surface area contributed by atoms with Crippen LogP contribution in [0.1, 0.15) is 31.2 Å². The van der Waals surface area contributed by atoms with Gasteiger partial charge in [-0.05, 0) is 31.2 Å². The van der Waals surface area contributed by atoms with E-state index in [1.54, 1.807) is 0 Å². The van der Waals surface area contributed by atoms with Crippen molar-refractivity contribution in [3.05, 3.63) is 35.9 Å². The van der Waals surface area contributed by atoms with E-state index in [9.17, 15) is 5.11 Å². The third-order valence-electron chi connectivity index (χ3n) is 4.19. The van der Waals surface area contributed by atoms with Crippen LogP contribution in [0.15, 0.2) is 30.3 Å². The molecule has 116 valence electrons. The van der Waals surface area contributed by atoms with Gasteiger partial charge in [0.1, 0.15) is 6.10 Å². The molecule has 0 aromatic heterocycles. The van der Waals surface area contributed by atoms with Crippen LogP contribution in [-0.4, -0.2) is 42.7 Å². The fraction of sp³-hybridized carbons (Fsp3) is 0.647. The fourth-order valence-corrected chi connectivity index (χ4v) is 2.86. The number of hydrogen-bond donors (Lipinski definition) is 1. The quantitative estimate of drug-likeness (QED) is 0.590. The van der Waals surface area contributed by atoms with Gasteiger partial charge < -0.3 is 19.3 Å². The van der Waals surface area contributed by atoms with Crippen LogP contribution in [0, 0.1) is 0 Å². The molecule has 0 radical (unpaired) electrons. The molecule has 2 aliphatic heterocycles. The van der Waals surface area contributed by atoms with Gasteiger partial charge in [-0.2, -0.15) is 0 Å². The Morgan fingerprint density at radius 1 is 1.19 bits per heavy atom. The van der Waals surface area contributed by atoms with Gasteiger partial charge in [0.05, 0.1) is 31.5 Å². The maximum Gasteiger partial charge on any atom is 0.107 e. The van der Waals surface area contributed by atoms with Gasteiger partial charge in [0.15, 0.2) is 0 Å². The summed E-state index contributed by atoms with van der Waals surface area (Å²) < 4.78 is 16.7. The molecule has 2 aliphatic rings. The Morgan fingerprint density at radius 3 is 2.76 bits per heavy atom. The molecule has 0 aliphatic carbocycles. The van der Waals surface area contributed by atoms with E-state index in [4.69, 9.17) is 14.2 Å². The smallest absolute Gasteiger partial charge is 0.107 e. The predicted molar refractivity (Wildman–Crippen MR) is 79.0 cm³/mol. The molecule has 21 heavy (non-hydrogen) atoms. The first-order valence-corrected chi connectivity index (χ1v) is 7.90. The standard InChI is InChI=1S/C17H24O4/c18-14(15-8-9-16(21-15)17-12-20-17)7-4-10-19-11-13-5-2-1-3-6-13/h1-3,5-6,14-18H,4,7-12H2/t14-,15-,16-,17+/m1/s1. The van der Waals surface area contributed by atoms with Crippen molar-refractivity contribution in [1.82, 2.24) is 0 Å². The highest BCUT2D eigenvalue weighted by atomic mass is 16.6. The van der Waals surface area contributed by atoms with Gasteiger partial charge in [0.25, 0.3) is 0 Å². The van der Waals surface area contributed by atoms with E-state index in [2.05, 4.69) is 12.1 Å². The second-order valence-corrected chi connectivity index (χ2v) is 5.91. The molecule has 0 saturated carbocycles. The van der Waals surface area contributed by atoms with Crippen LogP contribution < -0.4 is 0 Å². The number of ether oxygens (including phenoxy) is 3. The van der Waals surface area contributed by atoms with E-state index in [1.807, 2.05) is 18.2 Å². The Morgan fingerprint density at radius 2 is 2.00 bits per heavy atom. The maximum atomic E-state index is 10.2. The number of aliphatic hydroxyl groups is 1. The van der Waals surface area contributed by atoms with Crippen molar-refractivity contribution in [3.63, 3.8) is 0 Å². The summed E-state index contributed by atoms with van der Waals surface area (Å²) in [5.74, 6) is 0. The Balaban J connectivity index is 1.27. The minimum Gasteiger partial charge on any atom is -0.390 e. The largest absolute Gasteiger partial charge is 0.390 e. The SMILES string of the molecule is O[C@H](CCCOCc1ccccc1)[C@H]1CC[C@H]([C@@H]2CO2)O1. The van der Waals surface area contributed by atoms with Crippen molar-refractivity contribution in [3.8, 4) is 0 Å². The van der Waals surface area contributed by atoms with Gasteiger partial charge in [-0.3, -0.25) is 0 Å². The van der Waals surface area contributed by atoms with E-state index in [-0.39, 0.29) is 24.4 Å². The number of epoxide rings is 1. The lowest BCUT2D eigenvalue weighted by molar-refractivity contribution is -0.0464. The molecule has 1 N–H and O–H groups in total. The summed E-state index contributed by atoms with van der Waals surface area (Å²) in [4.78, 5) is 0. The minimum atomic E-state index is -0.380. The molecule has 4 nitrogen and oxygen atoms in total. The molecule has 0 unspecified atom stereocenters. The molecular weight excluding hydrogens is 268 g/mol. The molecule has 1 aromatic carbocycles. The molecule has 0 spiro atoms. The van der Waals surface area contributed by atoms with Crippen LogP contribution in [0.2, 0.25) is 0 Å². The highest BCUT2D eigenvalue weighted by molar-refractivity contribution is 5.13. The molecule has 0 amide bonds. The first-order valence-electron chi connectivity index (χ1n) is 7.90. The van der Waals surface area contributed by atoms with Crippen molar-refractivity contribution < 1.29 is 19.3 Å². The van der Waals surface area contributed by atoms with Crippen LogP contribution >= 0.6 is 0 Å². The molecule has 1 aromatic rings. The van der Waals surface area contributed by atoms with Gasteiger partial charge in [-0.15, -0.1) is 0 Å². The van der Waals surface area contributed by atoms with Gasteiger partial charge in [-0.25, -0.2) is 0 Å². The lowest BCUT2D eigenvalue weighted by Gasteiger charge is -2.18. The summed E-state index contributed by atoms with van der Waals surface area (Å²) in [6, 6.07) is 10.1. The highest BCUT2D eigenvalue weighted by Gasteiger charge is 2.40. The van der Waals surface area contributed by atoms with E-state index < -0.39 is 0 Å². The minimum absolute atomic E-state index is 0.0201. The van der Waals surface area contributed by atoms with E-state index in [1.165, 1.54) is 5.56 Å². The van der Waals surface area contributed by atoms with E-state index >= 15 is 0 Å². The Kier molecular flexibility index (Phi) is 5.25. The molecule has 0 bridgehead atoms. The second kappa shape index (κ2) is 7.36. The highest BCUT2D eigenvalue weighted by Crippen LogP contribution is 2.31. The number of aliphatic hydroxyl groups excluding tert-OH is 1. The topological polar surface area (TPSA) is 51.2 Å². The predicted octanol–water partition coefficient (Wildman–Crippen LogP) is 2.29. The maximum absolute atomic E-state index is 10.2. The summed E-state index contributed by atoms with van der Waals surface area (Å²) in [5, 5.41) is 10.2. The van der Waals surface area contributed by atoms with Crippen molar-refractivity contribution in [2.75, 3.05) is 13.2 Å². The van der Waals surface area contributed by atoms with Crippen molar-refractivity contribution in [2.24, 2.45) is 0 Å². The van der Waals surface area contributed by atoms with Crippen LogP contribution in [0.4, 0.5) is 0 Å². The lowest BCUT2D eigenvalue weighted by Crippen LogP contribution is -2.28. The summed E-state index contributed by atoms with van der Waals surface area (Å²) >= 11 is 0. The zero-order valence-corrected chi connectivity index (χ0v) is 12.3. The number of hydrogen-bond acceptors (Lipinski definition) is 4. The lowest BCUT2D eigenvalue weighted by atomic mass is 10.1. The molecule has 3 rings (SSSR count). The van der Waals surface area contributed by atoms with Crippen molar-refractivity contribution >= 4 is 0 Å². The van der Waals surface area contributed by atoms with E-state index in [0.29, 0.717) is 13.2 Å². The molecule has 2 heterocycles. The van der Waals surface area contributed by atoms with Crippen LogP contribution in [0.5, 0.6) is 0 Å². The van der Waals surface area contributed by atoms with Gasteiger partial charge >= 0.3 is 0 Å².